The third-order valence-electron chi connectivity index (χ3n) is 3.53. The molecule has 3 rings (SSSR count). The van der Waals surface area contributed by atoms with Crippen LogP contribution in [0.5, 0.6) is 0 Å². The number of nitrogens with zero attached hydrogens (tertiary/aromatic N) is 4. The van der Waals surface area contributed by atoms with Crippen LogP contribution in [0, 0.1) is 20.8 Å². The van der Waals surface area contributed by atoms with E-state index in [4.69, 9.17) is 9.26 Å². The zero-order chi connectivity index (χ0) is 17.3. The molecule has 0 aliphatic rings. The summed E-state index contributed by atoms with van der Waals surface area (Å²) >= 11 is 1.23. The standard InChI is InChI=1S/C15H16N4O4S/c1-8-6-13(20)19-15(16-8)24-12(17-19)7-22-14(21)5-4-11-9(2)18-23-10(11)3/h6H,4-5,7H2,1-3H3. The fourth-order valence-corrected chi connectivity index (χ4v) is 3.18. The quantitative estimate of drug-likeness (QED) is 0.647. The van der Waals surface area contributed by atoms with E-state index in [2.05, 4.69) is 15.2 Å². The van der Waals surface area contributed by atoms with Crippen LogP contribution < -0.4 is 5.56 Å². The number of hydrogen-bond acceptors (Lipinski definition) is 8. The highest BCUT2D eigenvalue weighted by molar-refractivity contribution is 7.16. The molecular weight excluding hydrogens is 332 g/mol. The molecule has 0 amide bonds. The van der Waals surface area contributed by atoms with Gasteiger partial charge in [-0.2, -0.15) is 9.61 Å². The number of carbonyl (C=O) groups is 1. The van der Waals surface area contributed by atoms with E-state index in [1.807, 2.05) is 13.8 Å². The van der Waals surface area contributed by atoms with Crippen molar-refractivity contribution in [3.63, 3.8) is 0 Å². The summed E-state index contributed by atoms with van der Waals surface area (Å²) in [5.74, 6) is 0.373. The van der Waals surface area contributed by atoms with Gasteiger partial charge >= 0.3 is 5.97 Å². The molecular formula is C15H16N4O4S. The van der Waals surface area contributed by atoms with Crippen LogP contribution in [0.2, 0.25) is 0 Å². The van der Waals surface area contributed by atoms with Crippen molar-refractivity contribution in [3.05, 3.63) is 44.1 Å². The summed E-state index contributed by atoms with van der Waals surface area (Å²) in [6.07, 6.45) is 0.741. The predicted molar refractivity (Wildman–Crippen MR) is 86.0 cm³/mol. The van der Waals surface area contributed by atoms with Crippen LogP contribution in [0.1, 0.15) is 34.1 Å². The number of rotatable bonds is 5. The molecule has 8 nitrogen and oxygen atoms in total. The first-order chi connectivity index (χ1) is 11.4. The molecule has 3 aromatic rings. The van der Waals surface area contributed by atoms with Crippen LogP contribution in [0.3, 0.4) is 0 Å². The Morgan fingerprint density at radius 2 is 2.17 bits per heavy atom. The Hall–Kier alpha value is -2.55. The first-order valence-corrected chi connectivity index (χ1v) is 8.19. The lowest BCUT2D eigenvalue weighted by Crippen LogP contribution is -2.14. The third kappa shape index (κ3) is 3.35. The van der Waals surface area contributed by atoms with Gasteiger partial charge in [0, 0.05) is 23.7 Å². The summed E-state index contributed by atoms with van der Waals surface area (Å²) in [6.45, 7) is 5.42. The largest absolute Gasteiger partial charge is 0.458 e. The van der Waals surface area contributed by atoms with E-state index in [-0.39, 0.29) is 24.6 Å². The second kappa shape index (κ2) is 6.52. The molecule has 24 heavy (non-hydrogen) atoms. The van der Waals surface area contributed by atoms with Crippen molar-refractivity contribution < 1.29 is 14.1 Å². The van der Waals surface area contributed by atoms with Gasteiger partial charge in [-0.25, -0.2) is 4.98 Å². The molecule has 0 saturated carbocycles. The topological polar surface area (TPSA) is 99.6 Å². The van der Waals surface area contributed by atoms with Crippen LogP contribution in [0.15, 0.2) is 15.4 Å². The van der Waals surface area contributed by atoms with Crippen molar-refractivity contribution in [2.75, 3.05) is 0 Å². The lowest BCUT2D eigenvalue weighted by Gasteiger charge is -2.02. The van der Waals surface area contributed by atoms with Gasteiger partial charge in [-0.15, -0.1) is 0 Å². The van der Waals surface area contributed by atoms with E-state index in [1.54, 1.807) is 6.92 Å². The van der Waals surface area contributed by atoms with Gasteiger partial charge in [0.2, 0.25) is 4.96 Å². The number of carbonyl (C=O) groups excluding carboxylic acids is 1. The Morgan fingerprint density at radius 3 is 2.88 bits per heavy atom. The van der Waals surface area contributed by atoms with Gasteiger partial charge in [0.05, 0.1) is 5.69 Å². The molecule has 0 atom stereocenters. The molecule has 0 bridgehead atoms. The highest BCUT2D eigenvalue weighted by Crippen LogP contribution is 2.16. The van der Waals surface area contributed by atoms with Crippen molar-refractivity contribution in [1.29, 1.82) is 0 Å². The minimum absolute atomic E-state index is 0.0208. The summed E-state index contributed by atoms with van der Waals surface area (Å²) in [5, 5.41) is 8.50. The lowest BCUT2D eigenvalue weighted by atomic mass is 10.1. The molecule has 9 heteroatoms. The highest BCUT2D eigenvalue weighted by atomic mass is 32.1. The predicted octanol–water partition coefficient (Wildman–Crippen LogP) is 1.74. The number of fused-ring (bicyclic) bond motifs is 1. The lowest BCUT2D eigenvalue weighted by molar-refractivity contribution is -0.144. The van der Waals surface area contributed by atoms with E-state index >= 15 is 0 Å². The van der Waals surface area contributed by atoms with E-state index in [9.17, 15) is 9.59 Å². The fourth-order valence-electron chi connectivity index (χ4n) is 2.32. The van der Waals surface area contributed by atoms with Crippen LogP contribution >= 0.6 is 11.3 Å². The van der Waals surface area contributed by atoms with Crippen LogP contribution in [-0.4, -0.2) is 25.7 Å². The summed E-state index contributed by atoms with van der Waals surface area (Å²) in [5.41, 5.74) is 2.10. The summed E-state index contributed by atoms with van der Waals surface area (Å²) < 4.78 is 11.5. The molecule has 0 unspecified atom stereocenters. The fraction of sp³-hybridized carbons (Fsp3) is 0.400. The third-order valence-corrected chi connectivity index (χ3v) is 4.41. The molecule has 0 aliphatic carbocycles. The van der Waals surface area contributed by atoms with Gasteiger partial charge in [0.1, 0.15) is 12.4 Å². The molecule has 0 aliphatic heterocycles. The maximum Gasteiger partial charge on any atom is 0.306 e. The smallest absolute Gasteiger partial charge is 0.306 e. The Kier molecular flexibility index (Phi) is 4.43. The Labute approximate surface area is 141 Å². The molecule has 0 fully saturated rings. The molecule has 3 aromatic heterocycles. The van der Waals surface area contributed by atoms with Gasteiger partial charge in [-0.05, 0) is 27.2 Å². The molecule has 0 radical (unpaired) electrons. The molecule has 0 aromatic carbocycles. The van der Waals surface area contributed by atoms with E-state index in [0.29, 0.717) is 27.8 Å². The normalized spacial score (nSPS) is 11.1. The number of esters is 1. The SMILES string of the molecule is Cc1cc(=O)n2nc(COC(=O)CCc3c(C)noc3C)sc2n1. The van der Waals surface area contributed by atoms with Crippen molar-refractivity contribution >= 4 is 22.3 Å². The van der Waals surface area contributed by atoms with Gasteiger partial charge in [-0.3, -0.25) is 9.59 Å². The van der Waals surface area contributed by atoms with Crippen molar-refractivity contribution in [2.45, 2.75) is 40.2 Å². The molecule has 3 heterocycles. The highest BCUT2D eigenvalue weighted by Gasteiger charge is 2.13. The second-order valence-electron chi connectivity index (χ2n) is 5.39. The van der Waals surface area contributed by atoms with E-state index in [1.165, 1.54) is 21.9 Å². The zero-order valence-electron chi connectivity index (χ0n) is 13.5. The van der Waals surface area contributed by atoms with Crippen LogP contribution in [0.25, 0.3) is 4.96 Å². The molecule has 0 N–H and O–H groups in total. The average Bonchev–Trinajstić information content (AvgIpc) is 3.07. The Morgan fingerprint density at radius 1 is 1.38 bits per heavy atom. The number of ether oxygens (including phenoxy) is 1. The Balaban J connectivity index is 1.60. The first-order valence-electron chi connectivity index (χ1n) is 7.38. The van der Waals surface area contributed by atoms with Gasteiger partial charge in [0.25, 0.3) is 5.56 Å². The van der Waals surface area contributed by atoms with Gasteiger partial charge < -0.3 is 9.26 Å². The number of aromatic nitrogens is 4. The minimum atomic E-state index is -0.342. The first kappa shape index (κ1) is 16.3. The van der Waals surface area contributed by atoms with Crippen LogP contribution in [0.4, 0.5) is 0 Å². The maximum absolute atomic E-state index is 11.9. The molecule has 0 saturated heterocycles. The van der Waals surface area contributed by atoms with Crippen molar-refractivity contribution in [1.82, 2.24) is 19.8 Å². The van der Waals surface area contributed by atoms with E-state index < -0.39 is 0 Å². The van der Waals surface area contributed by atoms with Crippen molar-refractivity contribution in [2.24, 2.45) is 0 Å². The van der Waals surface area contributed by atoms with Gasteiger partial charge in [0.15, 0.2) is 5.01 Å². The maximum atomic E-state index is 11.9. The summed E-state index contributed by atoms with van der Waals surface area (Å²) in [6, 6.07) is 1.41. The van der Waals surface area contributed by atoms with Gasteiger partial charge in [-0.1, -0.05) is 16.5 Å². The number of aryl methyl sites for hydroxylation is 3. The van der Waals surface area contributed by atoms with Crippen LogP contribution in [-0.2, 0) is 22.6 Å². The molecule has 0 spiro atoms. The zero-order valence-corrected chi connectivity index (χ0v) is 14.3. The number of hydrogen-bond donors (Lipinski definition) is 0. The van der Waals surface area contributed by atoms with E-state index in [0.717, 1.165) is 11.3 Å². The minimum Gasteiger partial charge on any atom is -0.458 e. The van der Waals surface area contributed by atoms with Crippen molar-refractivity contribution in [3.8, 4) is 0 Å². The summed E-state index contributed by atoms with van der Waals surface area (Å²) in [4.78, 5) is 28.4. The monoisotopic (exact) mass is 348 g/mol. The average molecular weight is 348 g/mol. The molecule has 126 valence electrons. The second-order valence-corrected chi connectivity index (χ2v) is 6.43. The Bertz CT molecular complexity index is 937. The summed E-state index contributed by atoms with van der Waals surface area (Å²) in [7, 11) is 0.